The van der Waals surface area contributed by atoms with Crippen LogP contribution in [0.2, 0.25) is 0 Å². The number of rotatable bonds is 11. The Hall–Kier alpha value is -1.36. The number of hydrogen-bond acceptors (Lipinski definition) is 3. The molecule has 4 nitrogen and oxygen atoms in total. The smallest absolute Gasteiger partial charge is 0.303 e. The molecule has 1 aromatic rings. The highest BCUT2D eigenvalue weighted by Crippen LogP contribution is 2.51. The van der Waals surface area contributed by atoms with Crippen LogP contribution < -0.4 is 0 Å². The van der Waals surface area contributed by atoms with Crippen LogP contribution in [0, 0.1) is 11.3 Å². The van der Waals surface area contributed by atoms with E-state index in [1.165, 1.54) is 0 Å². The molecule has 0 radical (unpaired) electrons. The summed E-state index contributed by atoms with van der Waals surface area (Å²) >= 11 is 7.04. The monoisotopic (exact) mass is 450 g/mol. The van der Waals surface area contributed by atoms with Crippen molar-refractivity contribution in [1.82, 2.24) is 0 Å². The molecule has 2 rings (SSSR count). The Labute approximate surface area is 192 Å². The minimum atomic E-state index is -0.832. The molecule has 174 valence electrons. The van der Waals surface area contributed by atoms with E-state index < -0.39 is 23.1 Å². The molecular formula is C26H39ClO4. The molecule has 0 aromatic heterocycles. The molecule has 1 aromatic carbocycles. The maximum atomic E-state index is 10.7. The Bertz CT molecular complexity index is 722. The van der Waals surface area contributed by atoms with Gasteiger partial charge in [-0.3, -0.25) is 4.79 Å². The molecule has 0 aliphatic heterocycles. The molecule has 0 amide bonds. The summed E-state index contributed by atoms with van der Waals surface area (Å²) in [6.45, 7) is 6.63. The van der Waals surface area contributed by atoms with Gasteiger partial charge in [0.15, 0.2) is 0 Å². The second kappa shape index (κ2) is 11.5. The SMILES string of the molecule is CC(C)(C)CCCC(O)c1ccc([C@@]2(Cl)[C@@H](C/C=C\CCCC(=O)O)CC[C@H]2O)cc1. The average molecular weight is 451 g/mol. The highest BCUT2D eigenvalue weighted by molar-refractivity contribution is 6.25. The predicted octanol–water partition coefficient (Wildman–Crippen LogP) is 6.34. The summed E-state index contributed by atoms with van der Waals surface area (Å²) in [6, 6.07) is 7.77. The maximum Gasteiger partial charge on any atom is 0.303 e. The first-order chi connectivity index (χ1) is 14.5. The molecule has 5 heteroatoms. The topological polar surface area (TPSA) is 77.8 Å². The standard InChI is InChI=1S/C26H39ClO4/c1-25(2,3)18-8-10-22(28)19-12-14-21(15-13-19)26(27)20(16-17-23(26)29)9-6-4-5-7-11-24(30)31/h4,6,12-15,20,22-23,28-29H,5,7-11,16-18H2,1-3H3,(H,30,31)/b6-4-/t20-,22?,23+,26-/m0/s1. The van der Waals surface area contributed by atoms with Crippen molar-refractivity contribution in [3.63, 3.8) is 0 Å². The Kier molecular flexibility index (Phi) is 9.60. The van der Waals surface area contributed by atoms with E-state index in [4.69, 9.17) is 16.7 Å². The molecule has 4 atom stereocenters. The van der Waals surface area contributed by atoms with Gasteiger partial charge in [-0.25, -0.2) is 0 Å². The lowest BCUT2D eigenvalue weighted by atomic mass is 9.83. The molecule has 1 saturated carbocycles. The van der Waals surface area contributed by atoms with Crippen molar-refractivity contribution in [3.05, 3.63) is 47.5 Å². The lowest BCUT2D eigenvalue weighted by molar-refractivity contribution is -0.137. The fourth-order valence-electron chi connectivity index (χ4n) is 4.47. The highest BCUT2D eigenvalue weighted by Gasteiger charge is 2.49. The zero-order valence-corrected chi connectivity index (χ0v) is 19.9. The molecule has 3 N–H and O–H groups in total. The van der Waals surface area contributed by atoms with Crippen molar-refractivity contribution in [2.75, 3.05) is 0 Å². The van der Waals surface area contributed by atoms with Gasteiger partial charge in [-0.2, -0.15) is 0 Å². The number of aliphatic hydroxyl groups is 2. The zero-order chi connectivity index (χ0) is 23.1. The lowest BCUT2D eigenvalue weighted by Crippen LogP contribution is -2.34. The van der Waals surface area contributed by atoms with Gasteiger partial charge < -0.3 is 15.3 Å². The van der Waals surface area contributed by atoms with Crippen LogP contribution in [0.1, 0.15) is 95.8 Å². The summed E-state index contributed by atoms with van der Waals surface area (Å²) in [5.41, 5.74) is 2.06. The molecule has 0 bridgehead atoms. The van der Waals surface area contributed by atoms with E-state index in [0.29, 0.717) is 12.8 Å². The number of carboxylic acid groups (broad SMARTS) is 1. The number of aliphatic hydroxyl groups excluding tert-OH is 2. The third-order valence-corrected chi connectivity index (χ3v) is 7.14. The summed E-state index contributed by atoms with van der Waals surface area (Å²) in [6.07, 6.45) is 9.59. The van der Waals surface area contributed by atoms with Crippen LogP contribution in [0.15, 0.2) is 36.4 Å². The molecule has 31 heavy (non-hydrogen) atoms. The largest absolute Gasteiger partial charge is 0.481 e. The fraction of sp³-hybridized carbons (Fsp3) is 0.654. The van der Waals surface area contributed by atoms with Crippen LogP contribution in [-0.2, 0) is 9.67 Å². The number of alkyl halides is 1. The number of halogens is 1. The molecule has 1 aliphatic carbocycles. The van der Waals surface area contributed by atoms with E-state index in [9.17, 15) is 15.0 Å². The number of allylic oxidation sites excluding steroid dienone is 2. The van der Waals surface area contributed by atoms with Crippen molar-refractivity contribution in [2.24, 2.45) is 11.3 Å². The minimum absolute atomic E-state index is 0.113. The average Bonchev–Trinajstić information content (AvgIpc) is 2.98. The number of hydrogen-bond donors (Lipinski definition) is 3. The molecule has 1 fully saturated rings. The van der Waals surface area contributed by atoms with Gasteiger partial charge in [-0.05, 0) is 67.4 Å². The van der Waals surface area contributed by atoms with Crippen LogP contribution in [0.4, 0.5) is 0 Å². The van der Waals surface area contributed by atoms with Crippen LogP contribution in [-0.4, -0.2) is 27.4 Å². The number of aliphatic carboxylic acids is 1. The van der Waals surface area contributed by atoms with Crippen LogP contribution in [0.25, 0.3) is 0 Å². The first-order valence-corrected chi connectivity index (χ1v) is 11.9. The van der Waals surface area contributed by atoms with E-state index in [2.05, 4.69) is 26.8 Å². The zero-order valence-electron chi connectivity index (χ0n) is 19.2. The first-order valence-electron chi connectivity index (χ1n) is 11.6. The molecule has 0 spiro atoms. The van der Waals surface area contributed by atoms with Crippen molar-refractivity contribution in [1.29, 1.82) is 0 Å². The van der Waals surface area contributed by atoms with Crippen LogP contribution >= 0.6 is 11.6 Å². The van der Waals surface area contributed by atoms with Gasteiger partial charge in [0.05, 0.1) is 17.1 Å². The summed E-state index contributed by atoms with van der Waals surface area (Å²) in [5, 5.41) is 29.9. The van der Waals surface area contributed by atoms with Gasteiger partial charge in [-0.1, -0.05) is 63.6 Å². The Balaban J connectivity index is 1.98. The molecule has 1 aliphatic rings. The van der Waals surface area contributed by atoms with E-state index in [1.807, 2.05) is 30.3 Å². The number of carbonyl (C=O) groups is 1. The Morgan fingerprint density at radius 1 is 1.19 bits per heavy atom. The summed E-state index contributed by atoms with van der Waals surface area (Å²) in [7, 11) is 0. The van der Waals surface area contributed by atoms with Gasteiger partial charge in [-0.15, -0.1) is 11.6 Å². The predicted molar refractivity (Wildman–Crippen MR) is 126 cm³/mol. The Morgan fingerprint density at radius 3 is 2.48 bits per heavy atom. The van der Waals surface area contributed by atoms with E-state index in [0.717, 1.165) is 49.7 Å². The van der Waals surface area contributed by atoms with Crippen molar-refractivity contribution < 1.29 is 20.1 Å². The van der Waals surface area contributed by atoms with Gasteiger partial charge in [0.1, 0.15) is 0 Å². The normalized spacial score (nSPS) is 25.2. The third kappa shape index (κ3) is 7.62. The number of unbranched alkanes of at least 4 members (excludes halogenated alkanes) is 1. The van der Waals surface area contributed by atoms with Gasteiger partial charge >= 0.3 is 5.97 Å². The molecular weight excluding hydrogens is 412 g/mol. The molecule has 0 saturated heterocycles. The second-order valence-corrected chi connectivity index (χ2v) is 10.8. The van der Waals surface area contributed by atoms with Crippen molar-refractivity contribution in [2.45, 2.75) is 95.6 Å². The summed E-state index contributed by atoms with van der Waals surface area (Å²) in [5.74, 6) is -0.655. The van der Waals surface area contributed by atoms with Crippen molar-refractivity contribution in [3.8, 4) is 0 Å². The molecule has 0 heterocycles. The third-order valence-electron chi connectivity index (χ3n) is 6.36. The second-order valence-electron chi connectivity index (χ2n) is 10.1. The Morgan fingerprint density at radius 2 is 1.87 bits per heavy atom. The summed E-state index contributed by atoms with van der Waals surface area (Å²) < 4.78 is 0. The van der Waals surface area contributed by atoms with Gasteiger partial charge in [0.25, 0.3) is 0 Å². The van der Waals surface area contributed by atoms with Gasteiger partial charge in [0.2, 0.25) is 0 Å². The minimum Gasteiger partial charge on any atom is -0.481 e. The van der Waals surface area contributed by atoms with E-state index in [1.54, 1.807) is 0 Å². The number of carboxylic acids is 1. The quantitative estimate of drug-likeness (QED) is 0.209. The van der Waals surface area contributed by atoms with E-state index >= 15 is 0 Å². The fourth-order valence-corrected chi connectivity index (χ4v) is 4.90. The van der Waals surface area contributed by atoms with Crippen molar-refractivity contribution >= 4 is 17.6 Å². The van der Waals surface area contributed by atoms with E-state index in [-0.39, 0.29) is 17.8 Å². The van der Waals surface area contributed by atoms with Gasteiger partial charge in [0, 0.05) is 6.42 Å². The van der Waals surface area contributed by atoms with Crippen LogP contribution in [0.3, 0.4) is 0 Å². The maximum absolute atomic E-state index is 10.7. The number of benzene rings is 1. The highest BCUT2D eigenvalue weighted by atomic mass is 35.5. The lowest BCUT2D eigenvalue weighted by Gasteiger charge is -2.32. The van der Waals surface area contributed by atoms with Crippen LogP contribution in [0.5, 0.6) is 0 Å². The summed E-state index contributed by atoms with van der Waals surface area (Å²) in [4.78, 5) is 9.76. The first kappa shape index (κ1) is 25.9. The molecule has 1 unspecified atom stereocenters.